The van der Waals surface area contributed by atoms with Crippen LogP contribution in [0.1, 0.15) is 6.92 Å². The average Bonchev–Trinajstić information content (AvgIpc) is 2.16. The third-order valence-corrected chi connectivity index (χ3v) is 4.82. The van der Waals surface area contributed by atoms with Crippen molar-refractivity contribution in [1.29, 1.82) is 0 Å². The van der Waals surface area contributed by atoms with E-state index in [1.54, 1.807) is 0 Å². The van der Waals surface area contributed by atoms with Crippen LogP contribution in [0.15, 0.2) is 30.3 Å². The fourth-order valence-electron chi connectivity index (χ4n) is 2.02. The van der Waals surface area contributed by atoms with Crippen LogP contribution in [0.2, 0.25) is 25.7 Å². The van der Waals surface area contributed by atoms with Crippen LogP contribution in [-0.2, 0) is 0 Å². The van der Waals surface area contributed by atoms with Gasteiger partial charge in [-0.1, -0.05) is 37.8 Å². The first-order valence-electron chi connectivity index (χ1n) is 5.70. The fourth-order valence-corrected chi connectivity index (χ4v) is 4.85. The zero-order valence-corrected chi connectivity index (χ0v) is 12.6. The molecular weight excluding hydrogens is 232 g/mol. The highest BCUT2D eigenvalue weighted by atomic mass is 32.1. The smallest absolute Gasteiger partial charge is 0.120 e. The monoisotopic (exact) mass is 254 g/mol. The van der Waals surface area contributed by atoms with E-state index >= 15 is 0 Å². The summed E-state index contributed by atoms with van der Waals surface area (Å²) in [5.41, 5.74) is -0.144. The largest absolute Gasteiger partial charge is 0.487 e. The summed E-state index contributed by atoms with van der Waals surface area (Å²) in [4.78, 5) is 0. The molecule has 0 fully saturated rings. The molecule has 0 N–H and O–H groups in total. The summed E-state index contributed by atoms with van der Waals surface area (Å²) in [6, 6.07) is 11.1. The third-order valence-electron chi connectivity index (χ3n) is 2.35. The maximum Gasteiger partial charge on any atom is 0.120 e. The fraction of sp³-hybridized carbons (Fsp3) is 0.538. The molecule has 1 aromatic rings. The molecule has 0 bridgehead atoms. The van der Waals surface area contributed by atoms with Gasteiger partial charge in [0.15, 0.2) is 0 Å². The maximum absolute atomic E-state index is 6.09. The minimum Gasteiger partial charge on any atom is -0.487 e. The summed E-state index contributed by atoms with van der Waals surface area (Å²) in [7, 11) is -1.14. The standard InChI is InChI=1S/C13H22OSSi/c1-13(10-15,11-16(2,3)4)14-12-8-6-5-7-9-12/h5-9,15H,10-11H2,1-4H3. The van der Waals surface area contributed by atoms with E-state index in [0.29, 0.717) is 0 Å². The molecule has 90 valence electrons. The number of benzene rings is 1. The molecule has 1 nitrogen and oxygen atoms in total. The van der Waals surface area contributed by atoms with Gasteiger partial charge in [-0.25, -0.2) is 0 Å². The molecule has 1 unspecified atom stereocenters. The van der Waals surface area contributed by atoms with Crippen molar-refractivity contribution < 1.29 is 4.74 Å². The van der Waals surface area contributed by atoms with Gasteiger partial charge in [0.05, 0.1) is 0 Å². The van der Waals surface area contributed by atoms with Crippen LogP contribution >= 0.6 is 12.6 Å². The maximum atomic E-state index is 6.09. The summed E-state index contributed by atoms with van der Waals surface area (Å²) in [6.45, 7) is 9.25. The molecule has 0 aliphatic heterocycles. The third kappa shape index (κ3) is 4.62. The summed E-state index contributed by atoms with van der Waals surface area (Å²) in [6.07, 6.45) is 0. The Kier molecular flexibility index (Phi) is 4.50. The molecular formula is C13H22OSSi. The van der Waals surface area contributed by atoms with E-state index in [1.165, 1.54) is 0 Å². The lowest BCUT2D eigenvalue weighted by Gasteiger charge is -2.34. The van der Waals surface area contributed by atoms with E-state index in [0.717, 1.165) is 17.5 Å². The van der Waals surface area contributed by atoms with Crippen molar-refractivity contribution >= 4 is 20.7 Å². The first-order chi connectivity index (χ1) is 7.35. The Morgan fingerprint density at radius 2 is 1.75 bits per heavy atom. The molecule has 0 heterocycles. The molecule has 0 aromatic heterocycles. The van der Waals surface area contributed by atoms with Crippen molar-refractivity contribution in [3.05, 3.63) is 30.3 Å². The van der Waals surface area contributed by atoms with E-state index in [2.05, 4.69) is 39.2 Å². The van der Waals surface area contributed by atoms with Gasteiger partial charge >= 0.3 is 0 Å². The van der Waals surface area contributed by atoms with Gasteiger partial charge in [-0.05, 0) is 25.1 Å². The summed E-state index contributed by atoms with van der Waals surface area (Å²) in [5, 5.41) is 0. The van der Waals surface area contributed by atoms with Gasteiger partial charge in [-0.15, -0.1) is 0 Å². The molecule has 1 atom stereocenters. The van der Waals surface area contributed by atoms with E-state index in [1.807, 2.05) is 30.3 Å². The number of hydrogen-bond acceptors (Lipinski definition) is 2. The second kappa shape index (κ2) is 5.28. The number of para-hydroxylation sites is 1. The Bertz CT molecular complexity index is 320. The zero-order chi connectivity index (χ0) is 12.2. The number of rotatable bonds is 5. The van der Waals surface area contributed by atoms with E-state index in [4.69, 9.17) is 4.74 Å². The highest BCUT2D eigenvalue weighted by molar-refractivity contribution is 7.80. The summed E-state index contributed by atoms with van der Waals surface area (Å²) < 4.78 is 6.09. The van der Waals surface area contributed by atoms with E-state index < -0.39 is 8.07 Å². The molecule has 0 saturated heterocycles. The first kappa shape index (κ1) is 13.7. The number of hydrogen-bond donors (Lipinski definition) is 1. The minimum absolute atomic E-state index is 0.144. The van der Waals surface area contributed by atoms with Crippen LogP contribution in [0.3, 0.4) is 0 Å². The Balaban J connectivity index is 2.74. The van der Waals surface area contributed by atoms with Crippen LogP contribution in [0.4, 0.5) is 0 Å². The van der Waals surface area contributed by atoms with Gasteiger partial charge < -0.3 is 4.74 Å². The summed E-state index contributed by atoms with van der Waals surface area (Å²) >= 11 is 4.44. The quantitative estimate of drug-likeness (QED) is 0.615. The molecule has 0 aliphatic rings. The highest BCUT2D eigenvalue weighted by Gasteiger charge is 2.31. The van der Waals surface area contributed by atoms with Crippen molar-refractivity contribution in [1.82, 2.24) is 0 Å². The van der Waals surface area contributed by atoms with Crippen molar-refractivity contribution in [3.8, 4) is 5.75 Å². The topological polar surface area (TPSA) is 9.23 Å². The van der Waals surface area contributed by atoms with Crippen LogP contribution in [-0.4, -0.2) is 19.4 Å². The van der Waals surface area contributed by atoms with E-state index in [9.17, 15) is 0 Å². The van der Waals surface area contributed by atoms with Crippen molar-refractivity contribution in [3.63, 3.8) is 0 Å². The molecule has 0 saturated carbocycles. The van der Waals surface area contributed by atoms with Crippen molar-refractivity contribution in [2.45, 2.75) is 38.2 Å². The minimum atomic E-state index is -1.14. The molecule has 0 amide bonds. The molecule has 1 rings (SSSR count). The lowest BCUT2D eigenvalue weighted by Crippen LogP contribution is -2.42. The predicted octanol–water partition coefficient (Wildman–Crippen LogP) is 4.09. The zero-order valence-electron chi connectivity index (χ0n) is 10.7. The number of ether oxygens (including phenoxy) is 1. The van der Waals surface area contributed by atoms with Gasteiger partial charge in [0.25, 0.3) is 0 Å². The van der Waals surface area contributed by atoms with Crippen molar-refractivity contribution in [2.24, 2.45) is 0 Å². The Labute approximate surface area is 106 Å². The van der Waals surface area contributed by atoms with Crippen LogP contribution < -0.4 is 4.74 Å². The lowest BCUT2D eigenvalue weighted by atomic mass is 10.2. The predicted molar refractivity (Wildman–Crippen MR) is 77.5 cm³/mol. The van der Waals surface area contributed by atoms with Crippen molar-refractivity contribution in [2.75, 3.05) is 5.75 Å². The SMILES string of the molecule is CC(CS)(C[Si](C)(C)C)Oc1ccccc1. The summed E-state index contributed by atoms with van der Waals surface area (Å²) in [5.74, 6) is 1.70. The van der Waals surface area contributed by atoms with E-state index in [-0.39, 0.29) is 5.60 Å². The Morgan fingerprint density at radius 3 is 2.19 bits per heavy atom. The van der Waals surface area contributed by atoms with Gasteiger partial charge in [0.1, 0.15) is 11.4 Å². The van der Waals surface area contributed by atoms with Crippen LogP contribution in [0, 0.1) is 0 Å². The number of thiol groups is 1. The van der Waals surface area contributed by atoms with Crippen LogP contribution in [0.5, 0.6) is 5.75 Å². The van der Waals surface area contributed by atoms with Gasteiger partial charge in [-0.3, -0.25) is 0 Å². The first-order valence-corrected chi connectivity index (χ1v) is 10.0. The van der Waals surface area contributed by atoms with Crippen LogP contribution in [0.25, 0.3) is 0 Å². The Hall–Kier alpha value is -0.413. The second-order valence-electron chi connectivity index (χ2n) is 5.76. The lowest BCUT2D eigenvalue weighted by molar-refractivity contribution is 0.134. The van der Waals surface area contributed by atoms with Gasteiger partial charge in [0.2, 0.25) is 0 Å². The normalized spacial score (nSPS) is 15.6. The highest BCUT2D eigenvalue weighted by Crippen LogP contribution is 2.27. The molecule has 0 spiro atoms. The molecule has 16 heavy (non-hydrogen) atoms. The molecule has 3 heteroatoms. The van der Waals surface area contributed by atoms with Gasteiger partial charge in [0, 0.05) is 13.8 Å². The average molecular weight is 254 g/mol. The molecule has 0 aliphatic carbocycles. The molecule has 1 aromatic carbocycles. The Morgan fingerprint density at radius 1 is 1.19 bits per heavy atom. The van der Waals surface area contributed by atoms with Gasteiger partial charge in [-0.2, -0.15) is 12.6 Å². The second-order valence-corrected chi connectivity index (χ2v) is 11.6. The molecule has 0 radical (unpaired) electrons.